The van der Waals surface area contributed by atoms with Crippen LogP contribution in [0.2, 0.25) is 0 Å². The lowest BCUT2D eigenvalue weighted by atomic mass is 9.96. The molecule has 0 spiro atoms. The van der Waals surface area contributed by atoms with E-state index in [1.165, 1.54) is 29.3 Å². The number of anilines is 1. The predicted octanol–water partition coefficient (Wildman–Crippen LogP) is 4.46. The van der Waals surface area contributed by atoms with Gasteiger partial charge in [0.1, 0.15) is 11.6 Å². The van der Waals surface area contributed by atoms with Crippen molar-refractivity contribution in [2.75, 3.05) is 4.90 Å². The zero-order valence-electron chi connectivity index (χ0n) is 15.9. The zero-order valence-corrected chi connectivity index (χ0v) is 16.7. The molecule has 8 heteroatoms. The second-order valence-electron chi connectivity index (χ2n) is 6.93. The van der Waals surface area contributed by atoms with Crippen LogP contribution in [-0.2, 0) is 9.59 Å². The Morgan fingerprint density at radius 2 is 1.87 bits per heavy atom. The third-order valence-corrected chi connectivity index (χ3v) is 6.05. The van der Waals surface area contributed by atoms with E-state index in [1.807, 2.05) is 0 Å². The molecule has 1 fully saturated rings. The van der Waals surface area contributed by atoms with E-state index in [2.05, 4.69) is 9.97 Å². The number of rotatable bonds is 3. The van der Waals surface area contributed by atoms with Crippen molar-refractivity contribution in [2.24, 2.45) is 0 Å². The molecule has 1 atom stereocenters. The Morgan fingerprint density at radius 3 is 2.61 bits per heavy atom. The summed E-state index contributed by atoms with van der Waals surface area (Å²) in [5.74, 6) is -2.33. The molecule has 1 aliphatic rings. The van der Waals surface area contributed by atoms with Crippen LogP contribution in [0.5, 0.6) is 0 Å². The number of carbonyl (C=O) groups is 2. The highest BCUT2D eigenvalue weighted by molar-refractivity contribution is 7.22. The van der Waals surface area contributed by atoms with Crippen LogP contribution in [0.15, 0.2) is 78.6 Å². The monoisotopic (exact) mass is 431 g/mol. The SMILES string of the molecule is O=C1C(=O)N(c2nc3ccc(F)cc3s2)C(c2cccnc2)/C1=C(\O)c1ccccc1. The highest BCUT2D eigenvalue weighted by Gasteiger charge is 2.48. The van der Waals surface area contributed by atoms with Crippen molar-refractivity contribution in [3.05, 3.63) is 95.6 Å². The van der Waals surface area contributed by atoms with Gasteiger partial charge in [-0.05, 0) is 29.8 Å². The van der Waals surface area contributed by atoms with Gasteiger partial charge in [-0.1, -0.05) is 47.7 Å². The minimum atomic E-state index is -0.917. The third kappa shape index (κ3) is 3.17. The molecule has 6 nitrogen and oxygen atoms in total. The number of aromatic nitrogens is 2. The fraction of sp³-hybridized carbons (Fsp3) is 0.0435. The van der Waals surface area contributed by atoms with Crippen LogP contribution in [0, 0.1) is 5.82 Å². The smallest absolute Gasteiger partial charge is 0.301 e. The molecule has 1 amide bonds. The highest BCUT2D eigenvalue weighted by atomic mass is 32.1. The van der Waals surface area contributed by atoms with Gasteiger partial charge < -0.3 is 5.11 Å². The van der Waals surface area contributed by atoms with Crippen LogP contribution in [0.25, 0.3) is 16.0 Å². The number of aliphatic hydroxyl groups excluding tert-OH is 1. The van der Waals surface area contributed by atoms with E-state index in [-0.39, 0.29) is 16.5 Å². The number of Topliss-reactive ketones (excluding diaryl/α,β-unsaturated/α-hetero) is 1. The Bertz CT molecular complexity index is 1350. The highest BCUT2D eigenvalue weighted by Crippen LogP contribution is 2.44. The molecule has 0 bridgehead atoms. The lowest BCUT2D eigenvalue weighted by molar-refractivity contribution is -0.132. The molecule has 5 rings (SSSR count). The first-order valence-electron chi connectivity index (χ1n) is 9.37. The van der Waals surface area contributed by atoms with Gasteiger partial charge in [-0.2, -0.15) is 0 Å². The van der Waals surface area contributed by atoms with Crippen molar-refractivity contribution in [1.82, 2.24) is 9.97 Å². The molecule has 31 heavy (non-hydrogen) atoms. The first-order chi connectivity index (χ1) is 15.0. The summed E-state index contributed by atoms with van der Waals surface area (Å²) in [6.07, 6.45) is 3.11. The van der Waals surface area contributed by atoms with Gasteiger partial charge >= 0.3 is 5.91 Å². The third-order valence-electron chi connectivity index (χ3n) is 5.04. The van der Waals surface area contributed by atoms with Crippen LogP contribution < -0.4 is 4.90 Å². The number of hydrogen-bond acceptors (Lipinski definition) is 6. The average molecular weight is 431 g/mol. The number of halogens is 1. The minimum Gasteiger partial charge on any atom is -0.507 e. The minimum absolute atomic E-state index is 0.0466. The van der Waals surface area contributed by atoms with Crippen molar-refractivity contribution < 1.29 is 19.1 Å². The van der Waals surface area contributed by atoms with Crippen molar-refractivity contribution in [3.8, 4) is 0 Å². The van der Waals surface area contributed by atoms with Crippen LogP contribution >= 0.6 is 11.3 Å². The summed E-state index contributed by atoms with van der Waals surface area (Å²) in [4.78, 5) is 35.9. The molecule has 2 aromatic carbocycles. The summed E-state index contributed by atoms with van der Waals surface area (Å²) in [5.41, 5.74) is 1.43. The van der Waals surface area contributed by atoms with E-state index < -0.39 is 23.5 Å². The van der Waals surface area contributed by atoms with Crippen LogP contribution in [-0.4, -0.2) is 26.8 Å². The molecule has 1 saturated heterocycles. The Kier molecular flexibility index (Phi) is 4.56. The molecular weight excluding hydrogens is 417 g/mol. The predicted molar refractivity (Wildman–Crippen MR) is 115 cm³/mol. The van der Waals surface area contributed by atoms with Gasteiger partial charge in [0, 0.05) is 18.0 Å². The molecule has 0 saturated carbocycles. The van der Waals surface area contributed by atoms with Gasteiger partial charge in [-0.15, -0.1) is 0 Å². The summed E-state index contributed by atoms with van der Waals surface area (Å²) in [5, 5.41) is 11.2. The Labute approximate surface area is 179 Å². The molecule has 0 aliphatic carbocycles. The summed E-state index contributed by atoms with van der Waals surface area (Å²) in [6, 6.07) is 15.2. The van der Waals surface area contributed by atoms with E-state index in [0.717, 1.165) is 11.3 Å². The zero-order chi connectivity index (χ0) is 21.5. The van der Waals surface area contributed by atoms with Crippen LogP contribution in [0.4, 0.5) is 9.52 Å². The average Bonchev–Trinajstić information content (AvgIpc) is 3.32. The molecule has 1 N–H and O–H groups in total. The second-order valence-corrected chi connectivity index (χ2v) is 7.94. The van der Waals surface area contributed by atoms with Gasteiger partial charge in [-0.3, -0.25) is 19.5 Å². The molecule has 4 aromatic rings. The van der Waals surface area contributed by atoms with E-state index in [1.54, 1.807) is 48.7 Å². The first kappa shape index (κ1) is 19.1. The van der Waals surface area contributed by atoms with Gasteiger partial charge in [0.15, 0.2) is 5.13 Å². The molecular formula is C23H14FN3O3S. The Hall–Kier alpha value is -3.91. The summed E-state index contributed by atoms with van der Waals surface area (Å²) < 4.78 is 14.2. The van der Waals surface area contributed by atoms with Gasteiger partial charge in [0.05, 0.1) is 21.8 Å². The number of carbonyl (C=O) groups excluding carboxylic acids is 2. The molecule has 0 radical (unpaired) electrons. The number of thiazole rings is 1. The summed E-state index contributed by atoms with van der Waals surface area (Å²) >= 11 is 1.10. The maximum atomic E-state index is 13.7. The molecule has 1 unspecified atom stereocenters. The summed E-state index contributed by atoms with van der Waals surface area (Å²) in [7, 11) is 0. The second kappa shape index (κ2) is 7.41. The largest absolute Gasteiger partial charge is 0.507 e. The maximum absolute atomic E-state index is 13.7. The van der Waals surface area contributed by atoms with E-state index in [0.29, 0.717) is 21.3 Å². The van der Waals surface area contributed by atoms with Crippen molar-refractivity contribution in [2.45, 2.75) is 6.04 Å². The van der Waals surface area contributed by atoms with E-state index >= 15 is 0 Å². The number of amides is 1. The number of benzene rings is 2. The molecule has 1 aliphatic heterocycles. The van der Waals surface area contributed by atoms with Gasteiger partial charge in [0.2, 0.25) is 0 Å². The molecule has 152 valence electrons. The number of fused-ring (bicyclic) bond motifs is 1. The number of aliphatic hydroxyl groups is 1. The quantitative estimate of drug-likeness (QED) is 0.294. The van der Waals surface area contributed by atoms with Gasteiger partial charge in [0.25, 0.3) is 5.78 Å². The van der Waals surface area contributed by atoms with Crippen molar-refractivity contribution >= 4 is 44.1 Å². The number of ketones is 1. The fourth-order valence-electron chi connectivity index (χ4n) is 3.62. The molecule has 2 aromatic heterocycles. The number of pyridine rings is 1. The van der Waals surface area contributed by atoms with Gasteiger partial charge in [-0.25, -0.2) is 9.37 Å². The molecule has 3 heterocycles. The Balaban J connectivity index is 1.73. The normalized spacial score (nSPS) is 18.1. The number of hydrogen-bond donors (Lipinski definition) is 1. The topological polar surface area (TPSA) is 83.4 Å². The lowest BCUT2D eigenvalue weighted by Gasteiger charge is -2.22. The lowest BCUT2D eigenvalue weighted by Crippen LogP contribution is -2.29. The standard InChI is InChI=1S/C23H14FN3O3S/c24-15-8-9-16-17(11-15)31-23(26-16)27-19(14-7-4-10-25-12-14)18(21(29)22(27)30)20(28)13-5-2-1-3-6-13/h1-12,19,28H/b20-18+. The van der Waals surface area contributed by atoms with Crippen LogP contribution in [0.1, 0.15) is 17.2 Å². The van der Waals surface area contributed by atoms with Crippen molar-refractivity contribution in [1.29, 1.82) is 0 Å². The first-order valence-corrected chi connectivity index (χ1v) is 10.2. The maximum Gasteiger partial charge on any atom is 0.301 e. The summed E-state index contributed by atoms with van der Waals surface area (Å²) in [6.45, 7) is 0. The van der Waals surface area contributed by atoms with E-state index in [9.17, 15) is 19.1 Å². The van der Waals surface area contributed by atoms with Crippen LogP contribution in [0.3, 0.4) is 0 Å². The fourth-order valence-corrected chi connectivity index (χ4v) is 4.64. The van der Waals surface area contributed by atoms with E-state index in [4.69, 9.17) is 0 Å². The van der Waals surface area contributed by atoms with Crippen molar-refractivity contribution in [3.63, 3.8) is 0 Å². The Morgan fingerprint density at radius 1 is 1.06 bits per heavy atom. The number of nitrogens with zero attached hydrogens (tertiary/aromatic N) is 3.